The molecule has 0 radical (unpaired) electrons. The lowest BCUT2D eigenvalue weighted by molar-refractivity contribution is -0.169. The summed E-state index contributed by atoms with van der Waals surface area (Å²) in [6.45, 7) is 7.25. The van der Waals surface area contributed by atoms with E-state index in [0.29, 0.717) is 6.61 Å². The molecule has 2 fully saturated rings. The molecule has 2 aliphatic rings. The van der Waals surface area contributed by atoms with Gasteiger partial charge >= 0.3 is 5.97 Å². The molecular weight excluding hydrogens is 152 g/mol. The highest BCUT2D eigenvalue weighted by atomic mass is 16.5. The molecule has 1 saturated carbocycles. The smallest absolute Gasteiger partial charge is 0.309 e. The van der Waals surface area contributed by atoms with Gasteiger partial charge in [0.25, 0.3) is 0 Å². The molecule has 1 saturated heterocycles. The van der Waals surface area contributed by atoms with Crippen molar-refractivity contribution in [2.45, 2.75) is 33.6 Å². The maximum absolute atomic E-state index is 11.4. The predicted octanol–water partition coefficient (Wildman–Crippen LogP) is 1.99. The van der Waals surface area contributed by atoms with Gasteiger partial charge in [0, 0.05) is 5.41 Å². The quantitative estimate of drug-likeness (QED) is 0.517. The third-order valence-electron chi connectivity index (χ3n) is 4.23. The highest BCUT2D eigenvalue weighted by Gasteiger charge is 2.58. The van der Waals surface area contributed by atoms with E-state index in [9.17, 15) is 4.79 Å². The molecule has 2 heteroatoms. The molecule has 2 nitrogen and oxygen atoms in total. The second-order valence-electron chi connectivity index (χ2n) is 4.98. The van der Waals surface area contributed by atoms with E-state index in [2.05, 4.69) is 20.8 Å². The molecule has 1 aliphatic carbocycles. The number of esters is 1. The van der Waals surface area contributed by atoms with Crippen molar-refractivity contribution in [3.05, 3.63) is 0 Å². The second kappa shape index (κ2) is 2.04. The average Bonchev–Trinajstić information content (AvgIpc) is 2.16. The van der Waals surface area contributed by atoms with Gasteiger partial charge in [0.05, 0.1) is 12.5 Å². The zero-order chi connectivity index (χ0) is 8.98. The highest BCUT2D eigenvalue weighted by Crippen LogP contribution is 2.58. The third kappa shape index (κ3) is 0.732. The van der Waals surface area contributed by atoms with Gasteiger partial charge in [-0.05, 0) is 18.3 Å². The molecule has 2 rings (SSSR count). The number of carbonyl (C=O) groups excluding carboxylic acids is 1. The molecule has 0 aromatic heterocycles. The van der Waals surface area contributed by atoms with Crippen LogP contribution in [-0.4, -0.2) is 12.6 Å². The maximum Gasteiger partial charge on any atom is 0.309 e. The van der Waals surface area contributed by atoms with Crippen LogP contribution in [0.3, 0.4) is 0 Å². The van der Waals surface area contributed by atoms with Crippen LogP contribution < -0.4 is 0 Å². The molecular formula is C10H16O2. The van der Waals surface area contributed by atoms with E-state index in [0.717, 1.165) is 12.8 Å². The number of cyclic esters (lactones) is 1. The second-order valence-corrected chi connectivity index (χ2v) is 4.98. The van der Waals surface area contributed by atoms with Crippen molar-refractivity contribution in [3.8, 4) is 0 Å². The Morgan fingerprint density at radius 1 is 1.42 bits per heavy atom. The van der Waals surface area contributed by atoms with Crippen molar-refractivity contribution in [1.29, 1.82) is 0 Å². The van der Waals surface area contributed by atoms with Crippen molar-refractivity contribution in [3.63, 3.8) is 0 Å². The van der Waals surface area contributed by atoms with Crippen LogP contribution in [0.1, 0.15) is 33.6 Å². The molecule has 68 valence electrons. The number of fused-ring (bicyclic) bond motifs is 2. The molecule has 0 amide bonds. The summed E-state index contributed by atoms with van der Waals surface area (Å²) in [6, 6.07) is 0. The summed E-state index contributed by atoms with van der Waals surface area (Å²) in [5, 5.41) is 0. The topological polar surface area (TPSA) is 26.3 Å². The molecule has 0 N–H and O–H groups in total. The van der Waals surface area contributed by atoms with Crippen molar-refractivity contribution in [1.82, 2.24) is 0 Å². The van der Waals surface area contributed by atoms with Gasteiger partial charge in [-0.25, -0.2) is 0 Å². The van der Waals surface area contributed by atoms with E-state index in [4.69, 9.17) is 4.74 Å². The number of hydrogen-bond donors (Lipinski definition) is 0. The Bertz CT molecular complexity index is 232. The Hall–Kier alpha value is -0.530. The first-order valence-electron chi connectivity index (χ1n) is 4.64. The number of ether oxygens (including phenoxy) is 1. The molecule has 1 aliphatic heterocycles. The first-order chi connectivity index (χ1) is 5.47. The molecule has 2 bridgehead atoms. The normalized spacial score (nSPS) is 44.2. The minimum atomic E-state index is 0.0231. The van der Waals surface area contributed by atoms with Crippen LogP contribution >= 0.6 is 0 Å². The number of hydrogen-bond acceptors (Lipinski definition) is 2. The van der Waals surface area contributed by atoms with Gasteiger partial charge in [0.15, 0.2) is 0 Å². The van der Waals surface area contributed by atoms with Crippen LogP contribution in [0.25, 0.3) is 0 Å². The van der Waals surface area contributed by atoms with E-state index in [1.165, 1.54) is 0 Å². The molecule has 12 heavy (non-hydrogen) atoms. The van der Waals surface area contributed by atoms with E-state index in [1.54, 1.807) is 0 Å². The fourth-order valence-corrected chi connectivity index (χ4v) is 2.57. The lowest BCUT2D eigenvalue weighted by Crippen LogP contribution is -2.46. The van der Waals surface area contributed by atoms with Crippen LogP contribution in [-0.2, 0) is 9.53 Å². The van der Waals surface area contributed by atoms with E-state index in [-0.39, 0.29) is 22.7 Å². The predicted molar refractivity (Wildman–Crippen MR) is 45.6 cm³/mol. The summed E-state index contributed by atoms with van der Waals surface area (Å²) in [4.78, 5) is 11.4. The summed E-state index contributed by atoms with van der Waals surface area (Å²) >= 11 is 0. The van der Waals surface area contributed by atoms with E-state index >= 15 is 0 Å². The van der Waals surface area contributed by atoms with Gasteiger partial charge in [-0.1, -0.05) is 20.8 Å². The maximum atomic E-state index is 11.4. The van der Waals surface area contributed by atoms with Crippen LogP contribution in [0.2, 0.25) is 0 Å². The van der Waals surface area contributed by atoms with Crippen molar-refractivity contribution in [2.24, 2.45) is 16.7 Å². The Balaban J connectivity index is 2.40. The summed E-state index contributed by atoms with van der Waals surface area (Å²) in [5.74, 6) is 0.172. The first kappa shape index (κ1) is 8.09. The average molecular weight is 168 g/mol. The lowest BCUT2D eigenvalue weighted by Gasteiger charge is -2.44. The van der Waals surface area contributed by atoms with Gasteiger partial charge in [-0.15, -0.1) is 0 Å². The van der Waals surface area contributed by atoms with Gasteiger partial charge < -0.3 is 4.74 Å². The van der Waals surface area contributed by atoms with Gasteiger partial charge in [-0.2, -0.15) is 0 Å². The molecule has 1 heterocycles. The molecule has 0 aromatic carbocycles. The lowest BCUT2D eigenvalue weighted by atomic mass is 9.65. The molecule has 0 spiro atoms. The Morgan fingerprint density at radius 2 is 2.08 bits per heavy atom. The van der Waals surface area contributed by atoms with Crippen LogP contribution in [0.15, 0.2) is 0 Å². The number of rotatable bonds is 0. The SMILES string of the molecule is CC12CC[C@H](C(=O)OC1)C2(C)C. The van der Waals surface area contributed by atoms with Crippen LogP contribution in [0.5, 0.6) is 0 Å². The minimum Gasteiger partial charge on any atom is -0.465 e. The first-order valence-corrected chi connectivity index (χ1v) is 4.64. The van der Waals surface area contributed by atoms with Crippen molar-refractivity contribution >= 4 is 5.97 Å². The standard InChI is InChI=1S/C10H16O2/c1-9(2)7-4-5-10(9,3)6-12-8(7)11/h7H,4-6H2,1-3H3/t7-,10?/m1/s1. The Kier molecular flexibility index (Phi) is 1.37. The third-order valence-corrected chi connectivity index (χ3v) is 4.23. The molecule has 2 atom stereocenters. The Labute approximate surface area is 73.3 Å². The summed E-state index contributed by atoms with van der Waals surface area (Å²) in [5.41, 5.74) is 0.369. The van der Waals surface area contributed by atoms with Crippen LogP contribution in [0, 0.1) is 16.7 Å². The number of carbonyl (C=O) groups is 1. The zero-order valence-electron chi connectivity index (χ0n) is 8.02. The zero-order valence-corrected chi connectivity index (χ0v) is 8.02. The van der Waals surface area contributed by atoms with Gasteiger partial charge in [-0.3, -0.25) is 4.79 Å². The minimum absolute atomic E-state index is 0.0231. The molecule has 0 aromatic rings. The van der Waals surface area contributed by atoms with E-state index < -0.39 is 0 Å². The summed E-state index contributed by atoms with van der Waals surface area (Å²) in [7, 11) is 0. The van der Waals surface area contributed by atoms with Crippen LogP contribution in [0.4, 0.5) is 0 Å². The van der Waals surface area contributed by atoms with Gasteiger partial charge in [0.1, 0.15) is 0 Å². The summed E-state index contributed by atoms with van der Waals surface area (Å²) in [6.07, 6.45) is 2.15. The summed E-state index contributed by atoms with van der Waals surface area (Å²) < 4.78 is 5.16. The fourth-order valence-electron chi connectivity index (χ4n) is 2.57. The largest absolute Gasteiger partial charge is 0.465 e. The Morgan fingerprint density at radius 3 is 2.67 bits per heavy atom. The van der Waals surface area contributed by atoms with Gasteiger partial charge in [0.2, 0.25) is 0 Å². The van der Waals surface area contributed by atoms with Crippen molar-refractivity contribution < 1.29 is 9.53 Å². The highest BCUT2D eigenvalue weighted by molar-refractivity contribution is 5.75. The van der Waals surface area contributed by atoms with Crippen molar-refractivity contribution in [2.75, 3.05) is 6.61 Å². The molecule has 1 unspecified atom stereocenters. The fraction of sp³-hybridized carbons (Fsp3) is 0.900. The monoisotopic (exact) mass is 168 g/mol. The van der Waals surface area contributed by atoms with E-state index in [1.807, 2.05) is 0 Å².